The van der Waals surface area contributed by atoms with Crippen LogP contribution in [0, 0.1) is 5.82 Å². The van der Waals surface area contributed by atoms with E-state index in [-0.39, 0.29) is 35.9 Å². The Morgan fingerprint density at radius 2 is 1.86 bits per heavy atom. The van der Waals surface area contributed by atoms with Crippen LogP contribution in [0.15, 0.2) is 53.5 Å². The molecule has 2 rings (SSSR count). The monoisotopic (exact) mass is 503 g/mol. The molecular weight excluding hydrogens is 476 g/mol. The molecule has 8 heteroatoms. The van der Waals surface area contributed by atoms with Gasteiger partial charge in [0.2, 0.25) is 0 Å². The molecule has 0 spiro atoms. The van der Waals surface area contributed by atoms with Gasteiger partial charge in [0, 0.05) is 13.1 Å². The Bertz CT molecular complexity index is 746. The average molecular weight is 503 g/mol. The van der Waals surface area contributed by atoms with Gasteiger partial charge in [0.25, 0.3) is 0 Å². The minimum atomic E-state index is -0.318. The molecule has 0 saturated carbocycles. The summed E-state index contributed by atoms with van der Waals surface area (Å²) in [6, 6.07) is 13.6. The van der Waals surface area contributed by atoms with Crippen molar-refractivity contribution in [2.24, 2.45) is 4.99 Å². The SMILES string of the molecule is CN=C(NCCOc1cccc(F)c1)NCC(C)Oc1ccccc1OC.I. The predicted molar refractivity (Wildman–Crippen MR) is 120 cm³/mol. The molecule has 0 heterocycles. The van der Waals surface area contributed by atoms with Crippen LogP contribution in [0.5, 0.6) is 17.2 Å². The van der Waals surface area contributed by atoms with E-state index in [1.54, 1.807) is 26.3 Å². The van der Waals surface area contributed by atoms with Crippen molar-refractivity contribution in [2.45, 2.75) is 13.0 Å². The molecule has 28 heavy (non-hydrogen) atoms. The molecule has 0 saturated heterocycles. The van der Waals surface area contributed by atoms with Crippen LogP contribution in [-0.4, -0.2) is 45.9 Å². The summed E-state index contributed by atoms with van der Waals surface area (Å²) in [5.74, 6) is 2.20. The topological polar surface area (TPSA) is 64.1 Å². The number of hydrogen-bond donors (Lipinski definition) is 2. The van der Waals surface area contributed by atoms with E-state index < -0.39 is 0 Å². The van der Waals surface area contributed by atoms with E-state index in [0.717, 1.165) is 0 Å². The van der Waals surface area contributed by atoms with E-state index in [1.807, 2.05) is 31.2 Å². The Morgan fingerprint density at radius 1 is 1.11 bits per heavy atom. The maximum atomic E-state index is 13.1. The van der Waals surface area contributed by atoms with Crippen LogP contribution in [0.4, 0.5) is 4.39 Å². The molecule has 2 N–H and O–H groups in total. The van der Waals surface area contributed by atoms with E-state index >= 15 is 0 Å². The molecule has 0 aliphatic heterocycles. The smallest absolute Gasteiger partial charge is 0.191 e. The number of rotatable bonds is 9. The fraction of sp³-hybridized carbons (Fsp3) is 0.350. The molecule has 0 fully saturated rings. The highest BCUT2D eigenvalue weighted by atomic mass is 127. The highest BCUT2D eigenvalue weighted by Gasteiger charge is 2.09. The van der Waals surface area contributed by atoms with Crippen molar-refractivity contribution in [3.8, 4) is 17.2 Å². The Balaban J connectivity index is 0.00000392. The number of guanidine groups is 1. The second-order valence-electron chi connectivity index (χ2n) is 5.77. The van der Waals surface area contributed by atoms with Gasteiger partial charge in [-0.1, -0.05) is 18.2 Å². The fourth-order valence-corrected chi connectivity index (χ4v) is 2.33. The number of ether oxygens (including phenoxy) is 3. The molecule has 6 nitrogen and oxygen atoms in total. The molecule has 0 radical (unpaired) electrons. The lowest BCUT2D eigenvalue weighted by Gasteiger charge is -2.19. The van der Waals surface area contributed by atoms with Crippen LogP contribution in [0.3, 0.4) is 0 Å². The molecule has 0 amide bonds. The fourth-order valence-electron chi connectivity index (χ4n) is 2.33. The van der Waals surface area contributed by atoms with Gasteiger partial charge in [-0.2, -0.15) is 0 Å². The highest BCUT2D eigenvalue weighted by Crippen LogP contribution is 2.26. The van der Waals surface area contributed by atoms with Crippen molar-refractivity contribution in [1.29, 1.82) is 0 Å². The first-order valence-electron chi connectivity index (χ1n) is 8.75. The van der Waals surface area contributed by atoms with E-state index in [1.165, 1.54) is 12.1 Å². The van der Waals surface area contributed by atoms with Crippen molar-refractivity contribution in [1.82, 2.24) is 10.6 Å². The number of aliphatic imine (C=N–C) groups is 1. The molecule has 0 aromatic heterocycles. The third kappa shape index (κ3) is 8.20. The Kier molecular flexibility index (Phi) is 11.1. The standard InChI is InChI=1S/C20H26FN3O3.HI/c1-15(27-19-10-5-4-9-18(19)25-3)14-24-20(22-2)23-11-12-26-17-8-6-7-16(21)13-17;/h4-10,13,15H,11-12,14H2,1-3H3,(H2,22,23,24);1H. The molecule has 0 bridgehead atoms. The molecule has 2 aromatic carbocycles. The molecule has 1 unspecified atom stereocenters. The van der Waals surface area contributed by atoms with Gasteiger partial charge in [0.1, 0.15) is 24.3 Å². The zero-order chi connectivity index (χ0) is 19.5. The summed E-state index contributed by atoms with van der Waals surface area (Å²) < 4.78 is 29.8. The van der Waals surface area contributed by atoms with Gasteiger partial charge in [-0.3, -0.25) is 4.99 Å². The van der Waals surface area contributed by atoms with Gasteiger partial charge in [0.05, 0.1) is 20.2 Å². The molecule has 0 aliphatic rings. The van der Waals surface area contributed by atoms with Gasteiger partial charge < -0.3 is 24.8 Å². The van der Waals surface area contributed by atoms with Gasteiger partial charge >= 0.3 is 0 Å². The molecule has 1 atom stereocenters. The van der Waals surface area contributed by atoms with Crippen molar-refractivity contribution in [3.63, 3.8) is 0 Å². The number of methoxy groups -OCH3 is 1. The first-order chi connectivity index (χ1) is 13.1. The minimum absolute atomic E-state index is 0. The average Bonchev–Trinajstić information content (AvgIpc) is 2.68. The summed E-state index contributed by atoms with van der Waals surface area (Å²) in [6.07, 6.45) is -0.0941. The van der Waals surface area contributed by atoms with Gasteiger partial charge in [-0.25, -0.2) is 4.39 Å². The number of nitrogens with zero attached hydrogens (tertiary/aromatic N) is 1. The molecule has 2 aromatic rings. The van der Waals surface area contributed by atoms with E-state index in [2.05, 4.69) is 15.6 Å². The summed E-state index contributed by atoms with van der Waals surface area (Å²) >= 11 is 0. The maximum absolute atomic E-state index is 13.1. The van der Waals surface area contributed by atoms with Crippen LogP contribution in [-0.2, 0) is 0 Å². The van der Waals surface area contributed by atoms with E-state index in [4.69, 9.17) is 14.2 Å². The Labute approximate surface area is 182 Å². The molecule has 0 aliphatic carbocycles. The third-order valence-corrected chi connectivity index (χ3v) is 3.64. The van der Waals surface area contributed by atoms with Crippen LogP contribution >= 0.6 is 24.0 Å². The zero-order valence-corrected chi connectivity index (χ0v) is 18.6. The van der Waals surface area contributed by atoms with Gasteiger partial charge in [-0.15, -0.1) is 24.0 Å². The summed E-state index contributed by atoms with van der Waals surface area (Å²) in [4.78, 5) is 4.16. The third-order valence-electron chi connectivity index (χ3n) is 3.64. The zero-order valence-electron chi connectivity index (χ0n) is 16.3. The lowest BCUT2D eigenvalue weighted by molar-refractivity contribution is 0.213. The largest absolute Gasteiger partial charge is 0.493 e. The van der Waals surface area contributed by atoms with Crippen molar-refractivity contribution in [2.75, 3.05) is 33.9 Å². The number of benzene rings is 2. The van der Waals surface area contributed by atoms with Crippen LogP contribution in [0.2, 0.25) is 0 Å². The quantitative estimate of drug-likeness (QED) is 0.238. The molecular formula is C20H27FIN3O3. The normalized spacial score (nSPS) is 11.8. The van der Waals surface area contributed by atoms with Crippen molar-refractivity contribution in [3.05, 3.63) is 54.3 Å². The Morgan fingerprint density at radius 3 is 2.54 bits per heavy atom. The first-order valence-corrected chi connectivity index (χ1v) is 8.75. The van der Waals surface area contributed by atoms with Crippen LogP contribution in [0.25, 0.3) is 0 Å². The first kappa shape index (κ1) is 23.8. The lowest BCUT2D eigenvalue weighted by Crippen LogP contribution is -2.43. The maximum Gasteiger partial charge on any atom is 0.191 e. The number of halogens is 2. The molecule has 154 valence electrons. The number of hydrogen-bond acceptors (Lipinski definition) is 4. The second-order valence-corrected chi connectivity index (χ2v) is 5.77. The van der Waals surface area contributed by atoms with E-state index in [0.29, 0.717) is 42.9 Å². The van der Waals surface area contributed by atoms with Crippen LogP contribution in [0.1, 0.15) is 6.92 Å². The van der Waals surface area contributed by atoms with Crippen molar-refractivity contribution < 1.29 is 18.6 Å². The summed E-state index contributed by atoms with van der Waals surface area (Å²) in [5, 5.41) is 6.33. The highest BCUT2D eigenvalue weighted by molar-refractivity contribution is 14.0. The number of nitrogens with one attached hydrogen (secondary N) is 2. The summed E-state index contributed by atoms with van der Waals surface area (Å²) in [7, 11) is 3.30. The number of para-hydroxylation sites is 2. The van der Waals surface area contributed by atoms with Crippen molar-refractivity contribution >= 4 is 29.9 Å². The lowest BCUT2D eigenvalue weighted by atomic mass is 10.3. The minimum Gasteiger partial charge on any atom is -0.493 e. The van der Waals surface area contributed by atoms with Gasteiger partial charge in [-0.05, 0) is 31.2 Å². The summed E-state index contributed by atoms with van der Waals surface area (Å²) in [5.41, 5.74) is 0. The Hall–Kier alpha value is -2.23. The summed E-state index contributed by atoms with van der Waals surface area (Å²) in [6.45, 7) is 3.43. The second kappa shape index (κ2) is 13.0. The van der Waals surface area contributed by atoms with E-state index in [9.17, 15) is 4.39 Å². The predicted octanol–water partition coefficient (Wildman–Crippen LogP) is 3.46. The van der Waals surface area contributed by atoms with Gasteiger partial charge in [0.15, 0.2) is 17.5 Å². The van der Waals surface area contributed by atoms with Crippen LogP contribution < -0.4 is 24.8 Å².